The maximum absolute atomic E-state index is 12.3. The molecule has 6 heteroatoms. The van der Waals surface area contributed by atoms with Crippen LogP contribution >= 0.6 is 0 Å². The predicted molar refractivity (Wildman–Crippen MR) is 107 cm³/mol. The molecule has 1 amide bonds. The van der Waals surface area contributed by atoms with Gasteiger partial charge in [0.25, 0.3) is 5.91 Å². The van der Waals surface area contributed by atoms with Crippen LogP contribution in [0.1, 0.15) is 43.6 Å². The average molecular weight is 385 g/mol. The summed E-state index contributed by atoms with van der Waals surface area (Å²) in [6, 6.07) is 13.9. The molecule has 2 aromatic rings. The Hall–Kier alpha value is -2.86. The molecule has 0 unspecified atom stereocenters. The minimum Gasteiger partial charge on any atom is -0.494 e. The number of carbonyl (C=O) groups is 2. The normalized spacial score (nSPS) is 11.8. The second-order valence-corrected chi connectivity index (χ2v) is 6.55. The molecule has 6 nitrogen and oxygen atoms in total. The summed E-state index contributed by atoms with van der Waals surface area (Å²) in [4.78, 5) is 24.5. The van der Waals surface area contributed by atoms with Crippen molar-refractivity contribution in [3.8, 4) is 5.75 Å². The molecule has 0 aliphatic rings. The highest BCUT2D eigenvalue weighted by Crippen LogP contribution is 2.16. The molecular formula is C22H27NO5. The molecule has 0 aliphatic carbocycles. The molecule has 0 bridgehead atoms. The van der Waals surface area contributed by atoms with Gasteiger partial charge in [-0.25, -0.2) is 4.79 Å². The van der Waals surface area contributed by atoms with Crippen LogP contribution in [0.4, 0.5) is 5.69 Å². The molecule has 2 aromatic carbocycles. The molecule has 0 heterocycles. The van der Waals surface area contributed by atoms with Crippen molar-refractivity contribution in [2.45, 2.75) is 46.5 Å². The zero-order valence-corrected chi connectivity index (χ0v) is 16.7. The van der Waals surface area contributed by atoms with Crippen molar-refractivity contribution < 1.29 is 23.8 Å². The number of hydrogen-bond acceptors (Lipinski definition) is 5. The van der Waals surface area contributed by atoms with Gasteiger partial charge in [0.15, 0.2) is 6.10 Å². The first-order valence-corrected chi connectivity index (χ1v) is 9.34. The van der Waals surface area contributed by atoms with Gasteiger partial charge in [-0.1, -0.05) is 12.1 Å². The van der Waals surface area contributed by atoms with Crippen molar-refractivity contribution in [2.24, 2.45) is 0 Å². The second-order valence-electron chi connectivity index (χ2n) is 6.55. The summed E-state index contributed by atoms with van der Waals surface area (Å²) in [5.74, 6) is -0.229. The van der Waals surface area contributed by atoms with Crippen molar-refractivity contribution in [1.82, 2.24) is 0 Å². The Morgan fingerprint density at radius 1 is 0.964 bits per heavy atom. The van der Waals surface area contributed by atoms with E-state index < -0.39 is 18.0 Å². The Morgan fingerprint density at radius 3 is 2.18 bits per heavy atom. The van der Waals surface area contributed by atoms with Crippen LogP contribution in [0.25, 0.3) is 0 Å². The molecule has 0 aliphatic heterocycles. The smallest absolute Gasteiger partial charge is 0.338 e. The van der Waals surface area contributed by atoms with E-state index in [1.807, 2.05) is 32.9 Å². The third-order valence-electron chi connectivity index (χ3n) is 3.86. The molecule has 0 saturated carbocycles. The van der Waals surface area contributed by atoms with E-state index in [-0.39, 0.29) is 6.10 Å². The largest absolute Gasteiger partial charge is 0.494 e. The molecule has 2 rings (SSSR count). The first kappa shape index (κ1) is 21.4. The van der Waals surface area contributed by atoms with Crippen LogP contribution in [0.2, 0.25) is 0 Å². The summed E-state index contributed by atoms with van der Waals surface area (Å²) in [6.07, 6.45) is -0.789. The lowest BCUT2D eigenvalue weighted by Gasteiger charge is -2.14. The Labute approximate surface area is 165 Å². The number of rotatable bonds is 9. The van der Waals surface area contributed by atoms with Crippen LogP contribution < -0.4 is 10.1 Å². The van der Waals surface area contributed by atoms with Crippen molar-refractivity contribution in [2.75, 3.05) is 11.9 Å². The van der Waals surface area contributed by atoms with Crippen molar-refractivity contribution in [1.29, 1.82) is 0 Å². The van der Waals surface area contributed by atoms with Crippen molar-refractivity contribution in [3.63, 3.8) is 0 Å². The standard InChI is InChI=1S/C22H27NO5/c1-5-26-20-12-10-19(11-13-20)23-21(24)16(4)28-22(25)18-8-6-17(7-9-18)14-27-15(2)3/h6-13,15-16H,5,14H2,1-4H3,(H,23,24)/t16-/m0/s1. The van der Waals surface area contributed by atoms with E-state index in [1.54, 1.807) is 36.4 Å². The molecule has 0 spiro atoms. The summed E-state index contributed by atoms with van der Waals surface area (Å²) in [7, 11) is 0. The van der Waals surface area contributed by atoms with Crippen LogP contribution in [0.3, 0.4) is 0 Å². The first-order valence-electron chi connectivity index (χ1n) is 9.34. The van der Waals surface area contributed by atoms with Gasteiger partial charge < -0.3 is 19.5 Å². The van der Waals surface area contributed by atoms with E-state index in [2.05, 4.69) is 5.32 Å². The molecule has 0 aromatic heterocycles. The van der Waals surface area contributed by atoms with E-state index in [1.165, 1.54) is 6.92 Å². The van der Waals surface area contributed by atoms with Crippen LogP contribution in [0, 0.1) is 0 Å². The quantitative estimate of drug-likeness (QED) is 0.655. The van der Waals surface area contributed by atoms with Gasteiger partial charge in [0.2, 0.25) is 0 Å². The molecule has 28 heavy (non-hydrogen) atoms. The number of carbonyl (C=O) groups excluding carboxylic acids is 2. The van der Waals surface area contributed by atoms with Crippen molar-refractivity contribution in [3.05, 3.63) is 59.7 Å². The third-order valence-corrected chi connectivity index (χ3v) is 3.86. The number of benzene rings is 2. The molecule has 150 valence electrons. The number of ether oxygens (including phenoxy) is 3. The molecule has 1 atom stereocenters. The minimum atomic E-state index is -0.928. The number of esters is 1. The molecule has 1 N–H and O–H groups in total. The summed E-state index contributed by atoms with van der Waals surface area (Å²) < 4.78 is 16.1. The van der Waals surface area contributed by atoms with Crippen LogP contribution in [0.5, 0.6) is 5.75 Å². The fraction of sp³-hybridized carbons (Fsp3) is 0.364. The molecule has 0 radical (unpaired) electrons. The van der Waals surface area contributed by atoms with Crippen LogP contribution in [-0.2, 0) is 20.9 Å². The zero-order chi connectivity index (χ0) is 20.5. The van der Waals surface area contributed by atoms with Gasteiger partial charge in [0, 0.05) is 5.69 Å². The van der Waals surface area contributed by atoms with Gasteiger partial charge >= 0.3 is 5.97 Å². The molecule has 0 saturated heterocycles. The summed E-state index contributed by atoms with van der Waals surface area (Å²) in [6.45, 7) is 8.42. The lowest BCUT2D eigenvalue weighted by molar-refractivity contribution is -0.123. The number of nitrogens with one attached hydrogen (secondary N) is 1. The lowest BCUT2D eigenvalue weighted by atomic mass is 10.1. The molecule has 0 fully saturated rings. The zero-order valence-electron chi connectivity index (χ0n) is 16.7. The van der Waals surface area contributed by atoms with Gasteiger partial charge in [-0.3, -0.25) is 4.79 Å². The van der Waals surface area contributed by atoms with Crippen LogP contribution in [0.15, 0.2) is 48.5 Å². The second kappa shape index (κ2) is 10.5. The third kappa shape index (κ3) is 6.70. The Balaban J connectivity index is 1.87. The van der Waals surface area contributed by atoms with Crippen molar-refractivity contribution >= 4 is 17.6 Å². The van der Waals surface area contributed by atoms with Crippen LogP contribution in [-0.4, -0.2) is 30.7 Å². The minimum absolute atomic E-state index is 0.138. The summed E-state index contributed by atoms with van der Waals surface area (Å²) >= 11 is 0. The Kier molecular flexibility index (Phi) is 8.02. The fourth-order valence-electron chi connectivity index (χ4n) is 2.33. The highest BCUT2D eigenvalue weighted by atomic mass is 16.5. The topological polar surface area (TPSA) is 73.9 Å². The van der Waals surface area contributed by atoms with E-state index in [0.29, 0.717) is 24.5 Å². The predicted octanol–water partition coefficient (Wildman–Crippen LogP) is 4.19. The SMILES string of the molecule is CCOc1ccc(NC(=O)[C@H](C)OC(=O)c2ccc(COC(C)C)cc2)cc1. The average Bonchev–Trinajstić information content (AvgIpc) is 2.68. The molecular weight excluding hydrogens is 358 g/mol. The summed E-state index contributed by atoms with van der Waals surface area (Å²) in [5.41, 5.74) is 1.95. The number of amides is 1. The van der Waals surface area contributed by atoms with Gasteiger partial charge in [0.1, 0.15) is 5.75 Å². The highest BCUT2D eigenvalue weighted by molar-refractivity contribution is 5.97. The monoisotopic (exact) mass is 385 g/mol. The number of hydrogen-bond donors (Lipinski definition) is 1. The summed E-state index contributed by atoms with van der Waals surface area (Å²) in [5, 5.41) is 2.72. The Morgan fingerprint density at radius 2 is 1.61 bits per heavy atom. The van der Waals surface area contributed by atoms with E-state index in [9.17, 15) is 9.59 Å². The first-order chi connectivity index (χ1) is 13.4. The highest BCUT2D eigenvalue weighted by Gasteiger charge is 2.19. The van der Waals surface area contributed by atoms with Gasteiger partial charge in [0.05, 0.1) is 24.9 Å². The number of anilines is 1. The van der Waals surface area contributed by atoms with E-state index in [4.69, 9.17) is 14.2 Å². The maximum Gasteiger partial charge on any atom is 0.338 e. The van der Waals surface area contributed by atoms with Gasteiger partial charge in [-0.2, -0.15) is 0 Å². The fourth-order valence-corrected chi connectivity index (χ4v) is 2.33. The Bertz CT molecular complexity index is 769. The maximum atomic E-state index is 12.3. The van der Waals surface area contributed by atoms with E-state index >= 15 is 0 Å². The van der Waals surface area contributed by atoms with Gasteiger partial charge in [-0.05, 0) is 69.7 Å². The van der Waals surface area contributed by atoms with Gasteiger partial charge in [-0.15, -0.1) is 0 Å². The van der Waals surface area contributed by atoms with E-state index in [0.717, 1.165) is 11.3 Å². The lowest BCUT2D eigenvalue weighted by Crippen LogP contribution is -2.30.